The van der Waals surface area contributed by atoms with Crippen LogP contribution in [0.15, 0.2) is 30.3 Å². The third-order valence-electron chi connectivity index (χ3n) is 3.83. The Bertz CT molecular complexity index is 383. The Kier molecular flexibility index (Phi) is 5.40. The molecule has 0 radical (unpaired) electrons. The molecular formula is C16H23NO2. The average Bonchev–Trinajstić information content (AvgIpc) is 2.73. The number of ether oxygens (including phenoxy) is 1. The van der Waals surface area contributed by atoms with Gasteiger partial charge in [-0.05, 0) is 18.4 Å². The van der Waals surface area contributed by atoms with Crippen LogP contribution in [-0.4, -0.2) is 19.1 Å². The number of hydrogen-bond acceptors (Lipinski definition) is 3. The van der Waals surface area contributed by atoms with E-state index in [1.165, 1.54) is 32.8 Å². The second-order valence-electron chi connectivity index (χ2n) is 5.22. The minimum Gasteiger partial charge on any atom is -0.468 e. The summed E-state index contributed by atoms with van der Waals surface area (Å²) in [5, 5.41) is 3.49. The van der Waals surface area contributed by atoms with E-state index >= 15 is 0 Å². The van der Waals surface area contributed by atoms with Crippen LogP contribution in [0.5, 0.6) is 0 Å². The fraction of sp³-hybridized carbons (Fsp3) is 0.562. The monoisotopic (exact) mass is 261 g/mol. The summed E-state index contributed by atoms with van der Waals surface area (Å²) in [5.41, 5.74) is 0.985. The first-order valence-corrected chi connectivity index (χ1v) is 7.20. The van der Waals surface area contributed by atoms with E-state index < -0.39 is 0 Å². The van der Waals surface area contributed by atoms with Gasteiger partial charge in [-0.3, -0.25) is 5.32 Å². The van der Waals surface area contributed by atoms with E-state index in [-0.39, 0.29) is 12.0 Å². The van der Waals surface area contributed by atoms with Gasteiger partial charge in [0.05, 0.1) is 7.11 Å². The summed E-state index contributed by atoms with van der Waals surface area (Å²) in [5.74, 6) is -0.199. The zero-order chi connectivity index (χ0) is 13.5. The molecule has 1 fully saturated rings. The molecule has 0 saturated heterocycles. The Morgan fingerprint density at radius 3 is 2.37 bits per heavy atom. The first kappa shape index (κ1) is 14.1. The van der Waals surface area contributed by atoms with Crippen LogP contribution in [0.4, 0.5) is 0 Å². The zero-order valence-electron chi connectivity index (χ0n) is 11.6. The van der Waals surface area contributed by atoms with Crippen LogP contribution in [0.25, 0.3) is 0 Å². The molecule has 0 aromatic heterocycles. The molecule has 1 atom stereocenters. The Balaban J connectivity index is 2.07. The summed E-state index contributed by atoms with van der Waals surface area (Å²) in [7, 11) is 1.45. The quantitative estimate of drug-likeness (QED) is 0.668. The molecule has 3 nitrogen and oxygen atoms in total. The maximum Gasteiger partial charge on any atom is 0.327 e. The second kappa shape index (κ2) is 7.29. The first-order valence-electron chi connectivity index (χ1n) is 7.20. The van der Waals surface area contributed by atoms with Crippen molar-refractivity contribution >= 4 is 5.97 Å². The van der Waals surface area contributed by atoms with Crippen LogP contribution in [0.3, 0.4) is 0 Å². The highest BCUT2D eigenvalue weighted by atomic mass is 16.5. The van der Waals surface area contributed by atoms with Crippen molar-refractivity contribution in [1.82, 2.24) is 5.32 Å². The fourth-order valence-corrected chi connectivity index (χ4v) is 2.75. The number of esters is 1. The van der Waals surface area contributed by atoms with Crippen molar-refractivity contribution in [1.29, 1.82) is 0 Å². The number of nitrogens with one attached hydrogen (secondary N) is 1. The van der Waals surface area contributed by atoms with Crippen LogP contribution >= 0.6 is 0 Å². The maximum absolute atomic E-state index is 12.0. The Morgan fingerprint density at radius 1 is 1.16 bits per heavy atom. The standard InChI is InChI=1S/C16H23NO2/c1-19-16(18)15(13-9-5-4-6-10-13)17-14-11-7-2-3-8-12-14/h4-6,9-10,14-15,17H,2-3,7-8,11-12H2,1H3/t15-/m0/s1. The van der Waals surface area contributed by atoms with Crippen molar-refractivity contribution in [2.75, 3.05) is 7.11 Å². The molecule has 19 heavy (non-hydrogen) atoms. The molecule has 0 unspecified atom stereocenters. The number of hydrogen-bond donors (Lipinski definition) is 1. The molecule has 0 spiro atoms. The van der Waals surface area contributed by atoms with Crippen molar-refractivity contribution in [2.45, 2.75) is 50.6 Å². The molecule has 1 N–H and O–H groups in total. The Hall–Kier alpha value is -1.35. The van der Waals surface area contributed by atoms with E-state index in [2.05, 4.69) is 5.32 Å². The molecule has 0 aliphatic heterocycles. The van der Waals surface area contributed by atoms with Crippen molar-refractivity contribution in [3.8, 4) is 0 Å². The predicted octanol–water partition coefficient (Wildman–Crippen LogP) is 3.21. The van der Waals surface area contributed by atoms with Crippen molar-refractivity contribution in [3.05, 3.63) is 35.9 Å². The van der Waals surface area contributed by atoms with E-state index in [4.69, 9.17) is 4.74 Å². The molecule has 1 aliphatic carbocycles. The lowest BCUT2D eigenvalue weighted by Crippen LogP contribution is -2.37. The molecule has 1 saturated carbocycles. The summed E-state index contributed by atoms with van der Waals surface area (Å²) in [6.07, 6.45) is 7.43. The molecule has 2 rings (SSSR count). The van der Waals surface area contributed by atoms with Gasteiger partial charge >= 0.3 is 5.97 Å². The normalized spacial score (nSPS) is 18.6. The molecule has 0 amide bonds. The minimum absolute atomic E-state index is 0.199. The molecule has 1 aromatic carbocycles. The summed E-state index contributed by atoms with van der Waals surface area (Å²) in [6, 6.07) is 9.92. The lowest BCUT2D eigenvalue weighted by molar-refractivity contribution is -0.143. The van der Waals surface area contributed by atoms with Crippen LogP contribution in [0.2, 0.25) is 0 Å². The highest BCUT2D eigenvalue weighted by Crippen LogP contribution is 2.22. The number of carbonyl (C=O) groups excluding carboxylic acids is 1. The Labute approximate surface area is 115 Å². The SMILES string of the molecule is COC(=O)[C@@H](NC1CCCCCC1)c1ccccc1. The maximum atomic E-state index is 12.0. The summed E-state index contributed by atoms with van der Waals surface area (Å²) < 4.78 is 4.94. The zero-order valence-corrected chi connectivity index (χ0v) is 11.6. The number of methoxy groups -OCH3 is 1. The first-order chi connectivity index (χ1) is 9.31. The fourth-order valence-electron chi connectivity index (χ4n) is 2.75. The van der Waals surface area contributed by atoms with Crippen LogP contribution < -0.4 is 5.32 Å². The second-order valence-corrected chi connectivity index (χ2v) is 5.22. The number of benzene rings is 1. The molecule has 0 heterocycles. The van der Waals surface area contributed by atoms with Gasteiger partial charge in [-0.25, -0.2) is 4.79 Å². The van der Waals surface area contributed by atoms with Gasteiger partial charge < -0.3 is 4.74 Å². The molecule has 1 aliphatic rings. The van der Waals surface area contributed by atoms with Gasteiger partial charge in [0.25, 0.3) is 0 Å². The van der Waals surface area contributed by atoms with Gasteiger partial charge in [-0.2, -0.15) is 0 Å². The summed E-state index contributed by atoms with van der Waals surface area (Å²) >= 11 is 0. The summed E-state index contributed by atoms with van der Waals surface area (Å²) in [4.78, 5) is 12.0. The topological polar surface area (TPSA) is 38.3 Å². The molecule has 104 valence electrons. The third kappa shape index (κ3) is 4.06. The smallest absolute Gasteiger partial charge is 0.327 e. The molecule has 3 heteroatoms. The largest absolute Gasteiger partial charge is 0.468 e. The highest BCUT2D eigenvalue weighted by Gasteiger charge is 2.24. The average molecular weight is 261 g/mol. The van der Waals surface area contributed by atoms with Gasteiger partial charge in [0.15, 0.2) is 0 Å². The van der Waals surface area contributed by atoms with E-state index in [0.29, 0.717) is 6.04 Å². The number of carbonyl (C=O) groups is 1. The predicted molar refractivity (Wildman–Crippen MR) is 75.8 cm³/mol. The highest BCUT2D eigenvalue weighted by molar-refractivity contribution is 5.77. The lowest BCUT2D eigenvalue weighted by Gasteiger charge is -2.23. The van der Waals surface area contributed by atoms with E-state index in [9.17, 15) is 4.79 Å². The van der Waals surface area contributed by atoms with Crippen molar-refractivity contribution in [3.63, 3.8) is 0 Å². The van der Waals surface area contributed by atoms with Gasteiger partial charge in [0.2, 0.25) is 0 Å². The van der Waals surface area contributed by atoms with Crippen LogP contribution in [0.1, 0.15) is 50.1 Å². The molecule has 0 bridgehead atoms. The van der Waals surface area contributed by atoms with Gasteiger partial charge in [-0.15, -0.1) is 0 Å². The lowest BCUT2D eigenvalue weighted by atomic mass is 10.0. The van der Waals surface area contributed by atoms with E-state index in [0.717, 1.165) is 18.4 Å². The minimum atomic E-state index is -0.339. The van der Waals surface area contributed by atoms with E-state index in [1.807, 2.05) is 30.3 Å². The molecule has 1 aromatic rings. The number of rotatable bonds is 4. The van der Waals surface area contributed by atoms with E-state index in [1.54, 1.807) is 0 Å². The summed E-state index contributed by atoms with van der Waals surface area (Å²) in [6.45, 7) is 0. The van der Waals surface area contributed by atoms with Gasteiger partial charge in [0, 0.05) is 6.04 Å². The molecular weight excluding hydrogens is 238 g/mol. The van der Waals surface area contributed by atoms with Crippen LogP contribution in [-0.2, 0) is 9.53 Å². The third-order valence-corrected chi connectivity index (χ3v) is 3.83. The van der Waals surface area contributed by atoms with Crippen molar-refractivity contribution < 1.29 is 9.53 Å². The Morgan fingerprint density at radius 2 is 1.79 bits per heavy atom. The van der Waals surface area contributed by atoms with Gasteiger partial charge in [-0.1, -0.05) is 56.0 Å². The van der Waals surface area contributed by atoms with Crippen LogP contribution in [0, 0.1) is 0 Å². The van der Waals surface area contributed by atoms with Gasteiger partial charge in [0.1, 0.15) is 6.04 Å². The van der Waals surface area contributed by atoms with Crippen molar-refractivity contribution in [2.24, 2.45) is 0 Å².